The van der Waals surface area contributed by atoms with Crippen molar-refractivity contribution in [3.63, 3.8) is 0 Å². The molecule has 152 valence electrons. The maximum absolute atomic E-state index is 12.5. The second kappa shape index (κ2) is 8.67. The summed E-state index contributed by atoms with van der Waals surface area (Å²) >= 11 is 0. The van der Waals surface area contributed by atoms with Crippen molar-refractivity contribution in [1.82, 2.24) is 0 Å². The third kappa shape index (κ3) is 4.69. The fraction of sp³-hybridized carbons (Fsp3) is 0.160. The van der Waals surface area contributed by atoms with Gasteiger partial charge in [-0.3, -0.25) is 4.28 Å². The molecule has 1 atom stereocenters. The van der Waals surface area contributed by atoms with Crippen LogP contribution in [0, 0.1) is 6.92 Å². The maximum atomic E-state index is 12.5. The monoisotopic (exact) mass is 417 g/mol. The molecule has 0 bridgehead atoms. The smallest absolute Gasteiger partial charge is 0.265 e. The van der Waals surface area contributed by atoms with Crippen LogP contribution in [0.2, 0.25) is 0 Å². The fourth-order valence-electron chi connectivity index (χ4n) is 3.63. The van der Waals surface area contributed by atoms with E-state index in [-0.39, 0.29) is 10.8 Å². The summed E-state index contributed by atoms with van der Waals surface area (Å²) in [6, 6.07) is 26.9. The van der Waals surface area contributed by atoms with Crippen molar-refractivity contribution in [3.05, 3.63) is 108 Å². The lowest BCUT2D eigenvalue weighted by Crippen LogP contribution is -2.14. The molecular weight excluding hydrogens is 394 g/mol. The Balaban J connectivity index is 1.65. The van der Waals surface area contributed by atoms with Gasteiger partial charge in [0.1, 0.15) is 4.90 Å². The van der Waals surface area contributed by atoms with Gasteiger partial charge in [0.15, 0.2) is 0 Å². The van der Waals surface area contributed by atoms with Gasteiger partial charge in [-0.25, -0.2) is 0 Å². The number of nitrogens with zero attached hydrogens (tertiary/aromatic N) is 1. The number of rotatable bonds is 5. The number of aryl methyl sites for hydroxylation is 1. The molecule has 30 heavy (non-hydrogen) atoms. The van der Waals surface area contributed by atoms with E-state index < -0.39 is 10.1 Å². The molecule has 3 aromatic rings. The molecule has 0 aliphatic heterocycles. The molecule has 0 aromatic heterocycles. The number of allylic oxidation sites excluding steroid dienone is 2. The molecule has 0 spiro atoms. The molecule has 0 radical (unpaired) electrons. The third-order valence-electron chi connectivity index (χ3n) is 5.24. The molecule has 0 N–H and O–H groups in total. The quantitative estimate of drug-likeness (QED) is 0.499. The van der Waals surface area contributed by atoms with Crippen LogP contribution in [0.25, 0.3) is 5.57 Å². The van der Waals surface area contributed by atoms with Crippen LogP contribution in [-0.4, -0.2) is 14.1 Å². The molecule has 0 heterocycles. The Kier molecular flexibility index (Phi) is 5.81. The molecule has 4 rings (SSSR count). The van der Waals surface area contributed by atoms with Crippen LogP contribution in [0.5, 0.6) is 0 Å². The van der Waals surface area contributed by atoms with Crippen LogP contribution in [0.4, 0.5) is 0 Å². The predicted molar refractivity (Wildman–Crippen MR) is 120 cm³/mol. The van der Waals surface area contributed by atoms with E-state index in [4.69, 9.17) is 4.28 Å². The Labute approximate surface area is 177 Å². The zero-order valence-corrected chi connectivity index (χ0v) is 17.5. The minimum absolute atomic E-state index is 0.0973. The highest BCUT2D eigenvalue weighted by molar-refractivity contribution is 7.86. The zero-order chi connectivity index (χ0) is 21.0. The lowest BCUT2D eigenvalue weighted by Gasteiger charge is -2.24. The highest BCUT2D eigenvalue weighted by Gasteiger charge is 2.23. The second-order valence-electron chi connectivity index (χ2n) is 7.48. The first kappa shape index (κ1) is 20.1. The predicted octanol–water partition coefficient (Wildman–Crippen LogP) is 5.72. The molecule has 0 saturated heterocycles. The summed E-state index contributed by atoms with van der Waals surface area (Å²) in [5, 5.41) is 4.06. The number of hydrogen-bond acceptors (Lipinski definition) is 4. The first-order chi connectivity index (χ1) is 14.5. The van der Waals surface area contributed by atoms with Gasteiger partial charge >= 0.3 is 10.1 Å². The lowest BCUT2D eigenvalue weighted by atomic mass is 9.81. The Hall–Kier alpha value is -3.18. The summed E-state index contributed by atoms with van der Waals surface area (Å²) < 4.78 is 30.2. The minimum atomic E-state index is -3.96. The summed E-state index contributed by atoms with van der Waals surface area (Å²) in [6.45, 7) is 1.90. The Morgan fingerprint density at radius 1 is 0.833 bits per heavy atom. The molecule has 0 saturated carbocycles. The highest BCUT2D eigenvalue weighted by atomic mass is 32.2. The molecule has 1 aliphatic carbocycles. The molecule has 0 amide bonds. The molecule has 5 heteroatoms. The van der Waals surface area contributed by atoms with Crippen molar-refractivity contribution in [2.75, 3.05) is 0 Å². The molecular formula is C25H23NO3S. The van der Waals surface area contributed by atoms with E-state index in [2.05, 4.69) is 29.4 Å². The van der Waals surface area contributed by atoms with E-state index in [1.807, 2.05) is 49.4 Å². The van der Waals surface area contributed by atoms with E-state index in [0.29, 0.717) is 12.1 Å². The Bertz CT molecular complexity index is 1170. The number of hydrogen-bond donors (Lipinski definition) is 0. The summed E-state index contributed by atoms with van der Waals surface area (Å²) in [5.74, 6) is 0.204. The van der Waals surface area contributed by atoms with Gasteiger partial charge in [0, 0.05) is 6.42 Å². The SMILES string of the molecule is Cc1ccc(S(=O)(=O)O/N=C2\C=C(c3ccccc3)CC(c3ccccc3)C2)cc1. The van der Waals surface area contributed by atoms with Crippen molar-refractivity contribution in [3.8, 4) is 0 Å². The van der Waals surface area contributed by atoms with E-state index in [1.165, 1.54) is 17.7 Å². The summed E-state index contributed by atoms with van der Waals surface area (Å²) in [4.78, 5) is 0.0973. The van der Waals surface area contributed by atoms with Gasteiger partial charge in [-0.2, -0.15) is 8.42 Å². The van der Waals surface area contributed by atoms with Gasteiger partial charge in [-0.1, -0.05) is 83.5 Å². The standard InChI is InChI=1S/C25H23NO3S/c1-19-12-14-25(15-13-19)30(27,28)29-26-24-17-22(20-8-4-2-5-9-20)16-23(18-24)21-10-6-3-7-11-21/h2-15,17,23H,16,18H2,1H3/b26-24+. The van der Waals surface area contributed by atoms with E-state index in [9.17, 15) is 8.42 Å². The highest BCUT2D eigenvalue weighted by Crippen LogP contribution is 2.36. The van der Waals surface area contributed by atoms with Gasteiger partial charge < -0.3 is 0 Å². The third-order valence-corrected chi connectivity index (χ3v) is 6.36. The first-order valence-corrected chi connectivity index (χ1v) is 11.3. The van der Waals surface area contributed by atoms with Gasteiger partial charge in [0.05, 0.1) is 5.71 Å². The van der Waals surface area contributed by atoms with Gasteiger partial charge in [0.25, 0.3) is 0 Å². The minimum Gasteiger partial charge on any atom is -0.265 e. The van der Waals surface area contributed by atoms with Crippen LogP contribution in [0.15, 0.2) is 101 Å². The van der Waals surface area contributed by atoms with Gasteiger partial charge in [-0.15, -0.1) is 0 Å². The van der Waals surface area contributed by atoms with E-state index in [1.54, 1.807) is 12.1 Å². The van der Waals surface area contributed by atoms with Crippen molar-refractivity contribution < 1.29 is 12.7 Å². The molecule has 4 nitrogen and oxygen atoms in total. The van der Waals surface area contributed by atoms with Crippen LogP contribution in [0.3, 0.4) is 0 Å². The van der Waals surface area contributed by atoms with Crippen molar-refractivity contribution in [2.45, 2.75) is 30.6 Å². The first-order valence-electron chi connectivity index (χ1n) is 9.89. The summed E-state index contributed by atoms with van der Waals surface area (Å²) in [5.41, 5.74) is 5.02. The van der Waals surface area contributed by atoms with Crippen molar-refractivity contribution in [1.29, 1.82) is 0 Å². The van der Waals surface area contributed by atoms with Crippen LogP contribution < -0.4 is 0 Å². The largest absolute Gasteiger partial charge is 0.358 e. The van der Waals surface area contributed by atoms with Crippen LogP contribution >= 0.6 is 0 Å². The van der Waals surface area contributed by atoms with Gasteiger partial charge in [0.2, 0.25) is 0 Å². The van der Waals surface area contributed by atoms with Crippen LogP contribution in [-0.2, 0) is 14.4 Å². The number of oxime groups is 1. The molecule has 1 unspecified atom stereocenters. The maximum Gasteiger partial charge on any atom is 0.358 e. The average Bonchev–Trinajstić information content (AvgIpc) is 2.79. The zero-order valence-electron chi connectivity index (χ0n) is 16.7. The average molecular weight is 418 g/mol. The summed E-state index contributed by atoms with van der Waals surface area (Å²) in [6.07, 6.45) is 3.42. The topological polar surface area (TPSA) is 55.7 Å². The van der Waals surface area contributed by atoms with Crippen molar-refractivity contribution >= 4 is 21.4 Å². The number of benzene rings is 3. The normalized spacial score (nSPS) is 18.1. The Morgan fingerprint density at radius 3 is 2.13 bits per heavy atom. The molecule has 0 fully saturated rings. The lowest BCUT2D eigenvalue weighted by molar-refractivity contribution is 0.337. The van der Waals surface area contributed by atoms with Crippen LogP contribution in [0.1, 0.15) is 35.4 Å². The Morgan fingerprint density at radius 2 is 1.47 bits per heavy atom. The van der Waals surface area contributed by atoms with E-state index in [0.717, 1.165) is 23.1 Å². The molecule has 1 aliphatic rings. The second-order valence-corrected chi connectivity index (χ2v) is 9.00. The summed E-state index contributed by atoms with van der Waals surface area (Å²) in [7, 11) is -3.96. The van der Waals surface area contributed by atoms with Crippen molar-refractivity contribution in [2.24, 2.45) is 5.16 Å². The van der Waals surface area contributed by atoms with E-state index >= 15 is 0 Å². The fourth-order valence-corrected chi connectivity index (χ4v) is 4.38. The van der Waals surface area contributed by atoms with Gasteiger partial charge in [-0.05, 0) is 54.2 Å². The molecule has 3 aromatic carbocycles.